The molecule has 0 spiro atoms. The number of methoxy groups -OCH3 is 2. The number of fused-ring (bicyclic) bond motifs is 1. The zero-order valence-corrected chi connectivity index (χ0v) is 23.1. The number of esters is 1. The van der Waals surface area contributed by atoms with E-state index in [2.05, 4.69) is 10.0 Å². The first-order valence-corrected chi connectivity index (χ1v) is 14.2. The molecule has 0 bridgehead atoms. The highest BCUT2D eigenvalue weighted by Crippen LogP contribution is 2.38. The van der Waals surface area contributed by atoms with E-state index in [1.165, 1.54) is 55.5 Å². The first-order valence-electron chi connectivity index (χ1n) is 11.9. The van der Waals surface area contributed by atoms with Gasteiger partial charge < -0.3 is 24.4 Å². The number of nitrogens with zero attached hydrogens (tertiary/aromatic N) is 1. The molecule has 1 aliphatic heterocycles. The fourth-order valence-corrected chi connectivity index (χ4v) is 6.42. The van der Waals surface area contributed by atoms with Crippen LogP contribution in [0.1, 0.15) is 38.1 Å². The summed E-state index contributed by atoms with van der Waals surface area (Å²) in [5, 5.41) is 3.01. The summed E-state index contributed by atoms with van der Waals surface area (Å²) >= 11 is 1.16. The number of hydrogen-bond donors (Lipinski definition) is 2. The van der Waals surface area contributed by atoms with Gasteiger partial charge in [-0.15, -0.1) is 11.3 Å². The summed E-state index contributed by atoms with van der Waals surface area (Å²) < 4.78 is 43.6. The van der Waals surface area contributed by atoms with Gasteiger partial charge in [0.15, 0.2) is 0 Å². The Bertz CT molecular complexity index is 1500. The van der Waals surface area contributed by atoms with Gasteiger partial charge in [0.05, 0.1) is 49.1 Å². The van der Waals surface area contributed by atoms with E-state index in [9.17, 15) is 22.8 Å². The fraction of sp³-hybridized carbons (Fsp3) is 0.269. The highest BCUT2D eigenvalue weighted by atomic mass is 32.2. The lowest BCUT2D eigenvalue weighted by Gasteiger charge is -2.25. The molecule has 0 unspecified atom stereocenters. The summed E-state index contributed by atoms with van der Waals surface area (Å²) in [5.74, 6) is -0.721. The molecule has 206 valence electrons. The fourth-order valence-electron chi connectivity index (χ4n) is 4.09. The smallest absolute Gasteiger partial charge is 0.409 e. The molecule has 1 aromatic heterocycles. The summed E-state index contributed by atoms with van der Waals surface area (Å²) in [6, 6.07) is 12.0. The molecule has 2 aromatic carbocycles. The molecule has 0 fully saturated rings. The minimum atomic E-state index is -4.02. The van der Waals surface area contributed by atoms with Crippen molar-refractivity contribution < 1.29 is 37.0 Å². The van der Waals surface area contributed by atoms with Gasteiger partial charge in [0, 0.05) is 11.4 Å². The Morgan fingerprint density at radius 2 is 1.77 bits per heavy atom. The van der Waals surface area contributed by atoms with Gasteiger partial charge in [0.25, 0.3) is 15.9 Å². The summed E-state index contributed by atoms with van der Waals surface area (Å²) in [4.78, 5) is 40.5. The number of hydrogen-bond acceptors (Lipinski definition) is 9. The molecule has 13 heteroatoms. The van der Waals surface area contributed by atoms with E-state index < -0.39 is 28.0 Å². The average Bonchev–Trinajstić information content (AvgIpc) is 3.29. The number of carbonyl (C=O) groups is 3. The predicted octanol–water partition coefficient (Wildman–Crippen LogP) is 4.11. The normalized spacial score (nSPS) is 12.7. The van der Waals surface area contributed by atoms with Crippen molar-refractivity contribution in [1.82, 2.24) is 4.90 Å². The van der Waals surface area contributed by atoms with Crippen molar-refractivity contribution in [3.63, 3.8) is 0 Å². The Morgan fingerprint density at radius 3 is 2.44 bits per heavy atom. The van der Waals surface area contributed by atoms with Crippen LogP contribution in [-0.2, 0) is 32.5 Å². The Balaban J connectivity index is 1.63. The van der Waals surface area contributed by atoms with E-state index in [0.29, 0.717) is 24.3 Å². The molecular weight excluding hydrogens is 546 g/mol. The molecule has 4 rings (SSSR count). The predicted molar refractivity (Wildman–Crippen MR) is 145 cm³/mol. The van der Waals surface area contributed by atoms with Crippen LogP contribution in [0.25, 0.3) is 0 Å². The Hall–Kier alpha value is -4.10. The van der Waals surface area contributed by atoms with Crippen molar-refractivity contribution in [1.29, 1.82) is 0 Å². The van der Waals surface area contributed by atoms with Crippen LogP contribution in [0.2, 0.25) is 0 Å². The second-order valence-electron chi connectivity index (χ2n) is 8.35. The molecule has 11 nitrogen and oxygen atoms in total. The van der Waals surface area contributed by atoms with E-state index in [-0.39, 0.29) is 39.9 Å². The zero-order chi connectivity index (χ0) is 28.2. The van der Waals surface area contributed by atoms with Gasteiger partial charge in [-0.1, -0.05) is 12.1 Å². The molecule has 0 radical (unpaired) electrons. The van der Waals surface area contributed by atoms with Crippen molar-refractivity contribution in [2.75, 3.05) is 37.4 Å². The number of thiophene rings is 1. The van der Waals surface area contributed by atoms with Gasteiger partial charge in [0.1, 0.15) is 10.8 Å². The number of sulfonamides is 1. The molecule has 2 amide bonds. The number of para-hydroxylation sites is 1. The second kappa shape index (κ2) is 11.7. The molecule has 2 N–H and O–H groups in total. The van der Waals surface area contributed by atoms with E-state index in [1.54, 1.807) is 19.1 Å². The molecule has 0 aliphatic carbocycles. The van der Waals surface area contributed by atoms with Crippen LogP contribution < -0.4 is 14.8 Å². The topological polar surface area (TPSA) is 140 Å². The second-order valence-corrected chi connectivity index (χ2v) is 11.1. The summed E-state index contributed by atoms with van der Waals surface area (Å²) in [5.41, 5.74) is 1.03. The van der Waals surface area contributed by atoms with E-state index in [4.69, 9.17) is 14.2 Å². The minimum absolute atomic E-state index is 0.01000. The molecule has 3 aromatic rings. The van der Waals surface area contributed by atoms with Gasteiger partial charge in [-0.05, 0) is 55.3 Å². The first-order chi connectivity index (χ1) is 18.7. The van der Waals surface area contributed by atoms with Crippen LogP contribution in [0.5, 0.6) is 5.75 Å². The molecule has 0 atom stereocenters. The summed E-state index contributed by atoms with van der Waals surface area (Å²) in [6.07, 6.45) is -0.112. The number of ether oxygens (including phenoxy) is 3. The number of rotatable bonds is 8. The number of nitrogens with one attached hydrogen (secondary N) is 2. The molecular formula is C26H27N3O8S2. The Morgan fingerprint density at radius 1 is 1.05 bits per heavy atom. The lowest BCUT2D eigenvalue weighted by Crippen LogP contribution is -2.35. The quantitative estimate of drug-likeness (QED) is 0.384. The van der Waals surface area contributed by atoms with Gasteiger partial charge in [-0.2, -0.15) is 0 Å². The molecule has 0 saturated heterocycles. The van der Waals surface area contributed by atoms with E-state index in [0.717, 1.165) is 16.2 Å². The van der Waals surface area contributed by atoms with Crippen LogP contribution in [0.15, 0.2) is 53.4 Å². The van der Waals surface area contributed by atoms with Gasteiger partial charge >= 0.3 is 12.1 Å². The minimum Gasteiger partial charge on any atom is -0.497 e. The van der Waals surface area contributed by atoms with Gasteiger partial charge in [-0.3, -0.25) is 9.52 Å². The van der Waals surface area contributed by atoms with Crippen LogP contribution in [0.4, 0.5) is 15.5 Å². The van der Waals surface area contributed by atoms with Crippen LogP contribution in [0, 0.1) is 0 Å². The summed E-state index contributed by atoms with van der Waals surface area (Å²) in [7, 11) is -1.25. The number of carbonyl (C=O) groups excluding carboxylic acids is 3. The molecule has 39 heavy (non-hydrogen) atoms. The van der Waals surface area contributed by atoms with E-state index in [1.807, 2.05) is 0 Å². The lowest BCUT2D eigenvalue weighted by atomic mass is 10.0. The molecule has 1 aliphatic rings. The van der Waals surface area contributed by atoms with Gasteiger partial charge in [-0.25, -0.2) is 18.0 Å². The van der Waals surface area contributed by atoms with Gasteiger partial charge in [0.2, 0.25) is 0 Å². The van der Waals surface area contributed by atoms with Crippen molar-refractivity contribution in [2.45, 2.75) is 24.8 Å². The van der Waals surface area contributed by atoms with Crippen LogP contribution >= 0.6 is 11.3 Å². The third kappa shape index (κ3) is 5.99. The van der Waals surface area contributed by atoms with Crippen molar-refractivity contribution in [2.24, 2.45) is 0 Å². The van der Waals surface area contributed by atoms with Crippen molar-refractivity contribution >= 4 is 50.0 Å². The number of benzene rings is 2. The largest absolute Gasteiger partial charge is 0.497 e. The Kier molecular flexibility index (Phi) is 8.41. The highest BCUT2D eigenvalue weighted by Gasteiger charge is 2.32. The van der Waals surface area contributed by atoms with E-state index >= 15 is 0 Å². The van der Waals surface area contributed by atoms with Crippen molar-refractivity contribution in [3.8, 4) is 5.75 Å². The average molecular weight is 574 g/mol. The molecule has 0 saturated carbocycles. The maximum absolute atomic E-state index is 13.4. The third-order valence-corrected chi connectivity index (χ3v) is 8.50. The zero-order valence-electron chi connectivity index (χ0n) is 21.5. The molecule has 2 heterocycles. The SMILES string of the molecule is CCOC(=O)c1c(NC(=O)c2ccccc2NS(=O)(=O)c2ccc(OC)cc2)sc2c1CCN(C(=O)OC)C2. The van der Waals surface area contributed by atoms with Crippen LogP contribution in [0.3, 0.4) is 0 Å². The lowest BCUT2D eigenvalue weighted by molar-refractivity contribution is 0.0526. The highest BCUT2D eigenvalue weighted by molar-refractivity contribution is 7.92. The number of anilines is 2. The Labute approximate surface area is 229 Å². The first kappa shape index (κ1) is 27.9. The van der Waals surface area contributed by atoms with Crippen LogP contribution in [-0.4, -0.2) is 58.7 Å². The maximum Gasteiger partial charge on any atom is 0.409 e. The third-order valence-electron chi connectivity index (χ3n) is 5.98. The summed E-state index contributed by atoms with van der Waals surface area (Å²) in [6.45, 7) is 2.37. The standard InChI is InChI=1S/C26H27N3O8S2/c1-4-37-25(31)22-19-13-14-29(26(32)36-3)15-21(19)38-24(22)27-23(30)18-7-5-6-8-20(18)28-39(33,34)17-11-9-16(35-2)10-12-17/h5-12,28H,4,13-15H2,1-3H3,(H,27,30). The number of amides is 2. The maximum atomic E-state index is 13.4. The monoisotopic (exact) mass is 573 g/mol. The van der Waals surface area contributed by atoms with Crippen molar-refractivity contribution in [3.05, 3.63) is 70.1 Å².